The molecule has 2 fully saturated rings. The Hall–Kier alpha value is -0.870. The monoisotopic (exact) mass is 320 g/mol. The number of piperidine rings is 1. The molecule has 2 aliphatic heterocycles. The molecule has 4 heteroatoms. The van der Waals surface area contributed by atoms with Gasteiger partial charge in [-0.15, -0.1) is 11.3 Å². The van der Waals surface area contributed by atoms with Crippen LogP contribution >= 0.6 is 11.3 Å². The fourth-order valence-corrected chi connectivity index (χ4v) is 5.33. The van der Waals surface area contributed by atoms with Gasteiger partial charge in [0, 0.05) is 30.1 Å². The van der Waals surface area contributed by atoms with E-state index >= 15 is 0 Å². The summed E-state index contributed by atoms with van der Waals surface area (Å²) in [5.41, 5.74) is 1.37. The van der Waals surface area contributed by atoms with Crippen molar-refractivity contribution >= 4 is 17.2 Å². The Morgan fingerprint density at radius 3 is 2.59 bits per heavy atom. The molecule has 22 heavy (non-hydrogen) atoms. The number of hydrogen-bond donors (Lipinski definition) is 1. The smallest absolute Gasteiger partial charge is 0.263 e. The molecule has 0 radical (unpaired) electrons. The van der Waals surface area contributed by atoms with Crippen molar-refractivity contribution in [3.63, 3.8) is 0 Å². The minimum absolute atomic E-state index is 0.230. The summed E-state index contributed by atoms with van der Waals surface area (Å²) in [6.07, 6.45) is 8.07. The highest BCUT2D eigenvalue weighted by molar-refractivity contribution is 7.14. The summed E-state index contributed by atoms with van der Waals surface area (Å²) in [6.45, 7) is 4.39. The van der Waals surface area contributed by atoms with E-state index in [0.29, 0.717) is 18.1 Å². The van der Waals surface area contributed by atoms with Crippen LogP contribution in [0.3, 0.4) is 0 Å². The van der Waals surface area contributed by atoms with Crippen LogP contribution in [-0.2, 0) is 12.8 Å². The molecule has 2 aliphatic rings. The van der Waals surface area contributed by atoms with E-state index in [1.165, 1.54) is 23.3 Å². The molecular weight excluding hydrogens is 292 g/mol. The molecule has 2 bridgehead atoms. The van der Waals surface area contributed by atoms with Crippen LogP contribution in [0.25, 0.3) is 0 Å². The highest BCUT2D eigenvalue weighted by atomic mass is 32.1. The van der Waals surface area contributed by atoms with Crippen LogP contribution in [0.2, 0.25) is 0 Å². The standard InChI is InChI=1S/C18H28N2OS/c1-4-6-16-12(5-2)9-17(22-16)18(21)20(3)15-10-13-7-8-14(11-15)19-13/h9,13-15,19H,4-8,10-11H2,1-3H3. The minimum Gasteiger partial charge on any atom is -0.338 e. The third kappa shape index (κ3) is 3.09. The summed E-state index contributed by atoms with van der Waals surface area (Å²) >= 11 is 1.72. The van der Waals surface area contributed by atoms with Gasteiger partial charge in [0.2, 0.25) is 0 Å². The molecule has 3 nitrogen and oxygen atoms in total. The lowest BCUT2D eigenvalue weighted by molar-refractivity contribution is 0.0686. The summed E-state index contributed by atoms with van der Waals surface area (Å²) in [5.74, 6) is 0.230. The summed E-state index contributed by atoms with van der Waals surface area (Å²) in [5, 5.41) is 3.66. The van der Waals surface area contributed by atoms with Crippen molar-refractivity contribution < 1.29 is 4.79 Å². The predicted octanol–water partition coefficient (Wildman–Crippen LogP) is 3.62. The number of hydrogen-bond acceptors (Lipinski definition) is 3. The highest BCUT2D eigenvalue weighted by Gasteiger charge is 2.36. The third-order valence-electron chi connectivity index (χ3n) is 5.28. The van der Waals surface area contributed by atoms with E-state index in [1.807, 2.05) is 11.9 Å². The van der Waals surface area contributed by atoms with E-state index in [9.17, 15) is 4.79 Å². The van der Waals surface area contributed by atoms with Crippen molar-refractivity contribution in [2.45, 2.75) is 76.9 Å². The zero-order valence-electron chi connectivity index (χ0n) is 14.0. The first kappa shape index (κ1) is 16.0. The second-order valence-electron chi connectivity index (χ2n) is 6.84. The Morgan fingerprint density at radius 2 is 2.00 bits per heavy atom. The topological polar surface area (TPSA) is 32.3 Å². The van der Waals surface area contributed by atoms with Gasteiger partial charge in [0.05, 0.1) is 4.88 Å². The van der Waals surface area contributed by atoms with Gasteiger partial charge < -0.3 is 10.2 Å². The average Bonchev–Trinajstić information content (AvgIpc) is 3.09. The molecule has 3 rings (SSSR count). The summed E-state index contributed by atoms with van der Waals surface area (Å²) in [4.78, 5) is 17.2. The zero-order valence-corrected chi connectivity index (χ0v) is 14.8. The molecule has 1 aromatic heterocycles. The number of aryl methyl sites for hydroxylation is 2. The van der Waals surface area contributed by atoms with Crippen LogP contribution in [-0.4, -0.2) is 36.0 Å². The fraction of sp³-hybridized carbons (Fsp3) is 0.722. The first-order valence-corrected chi connectivity index (χ1v) is 9.58. The molecule has 0 spiro atoms. The summed E-state index contributed by atoms with van der Waals surface area (Å²) in [7, 11) is 2.00. The number of nitrogens with one attached hydrogen (secondary N) is 1. The number of amides is 1. The van der Waals surface area contributed by atoms with E-state index in [1.54, 1.807) is 11.3 Å². The Morgan fingerprint density at radius 1 is 1.32 bits per heavy atom. The lowest BCUT2D eigenvalue weighted by atomic mass is 9.98. The largest absolute Gasteiger partial charge is 0.338 e. The van der Waals surface area contributed by atoms with Gasteiger partial charge in [-0.3, -0.25) is 4.79 Å². The molecule has 0 aliphatic carbocycles. The number of fused-ring (bicyclic) bond motifs is 2. The maximum atomic E-state index is 12.9. The minimum atomic E-state index is 0.230. The number of carbonyl (C=O) groups excluding carboxylic acids is 1. The van der Waals surface area contributed by atoms with Crippen LogP contribution in [0.15, 0.2) is 6.07 Å². The fourth-order valence-electron chi connectivity index (χ4n) is 3.99. The Balaban J connectivity index is 1.72. The molecule has 1 aromatic rings. The van der Waals surface area contributed by atoms with Crippen LogP contribution in [0.4, 0.5) is 0 Å². The third-order valence-corrected chi connectivity index (χ3v) is 6.51. The number of rotatable bonds is 5. The van der Waals surface area contributed by atoms with Crippen LogP contribution in [0.5, 0.6) is 0 Å². The number of thiophene rings is 1. The number of carbonyl (C=O) groups is 1. The van der Waals surface area contributed by atoms with Gasteiger partial charge in [0.1, 0.15) is 0 Å². The van der Waals surface area contributed by atoms with E-state index in [-0.39, 0.29) is 5.91 Å². The van der Waals surface area contributed by atoms with Gasteiger partial charge in [-0.05, 0) is 50.2 Å². The van der Waals surface area contributed by atoms with E-state index < -0.39 is 0 Å². The van der Waals surface area contributed by atoms with E-state index in [4.69, 9.17) is 0 Å². The highest BCUT2D eigenvalue weighted by Crippen LogP contribution is 2.31. The predicted molar refractivity (Wildman–Crippen MR) is 92.8 cm³/mol. The molecule has 2 atom stereocenters. The number of nitrogens with zero attached hydrogens (tertiary/aromatic N) is 1. The SMILES string of the molecule is CCCc1sc(C(=O)N(C)C2CC3CCC(C2)N3)cc1CC. The first-order chi connectivity index (χ1) is 10.6. The summed E-state index contributed by atoms with van der Waals surface area (Å²) < 4.78 is 0. The van der Waals surface area contributed by atoms with Crippen molar-refractivity contribution in [3.05, 3.63) is 21.4 Å². The van der Waals surface area contributed by atoms with Crippen molar-refractivity contribution in [3.8, 4) is 0 Å². The molecule has 2 saturated heterocycles. The second kappa shape index (κ2) is 6.71. The van der Waals surface area contributed by atoms with E-state index in [0.717, 1.165) is 37.0 Å². The Labute approximate surface area is 138 Å². The molecule has 1 N–H and O–H groups in total. The van der Waals surface area contributed by atoms with Crippen molar-refractivity contribution in [2.24, 2.45) is 0 Å². The van der Waals surface area contributed by atoms with Crippen molar-refractivity contribution in [1.29, 1.82) is 0 Å². The molecule has 1 amide bonds. The van der Waals surface area contributed by atoms with Gasteiger partial charge in [0.25, 0.3) is 5.91 Å². The lowest BCUT2D eigenvalue weighted by Gasteiger charge is -2.35. The Kier molecular flexibility index (Phi) is 4.88. The zero-order chi connectivity index (χ0) is 15.7. The second-order valence-corrected chi connectivity index (χ2v) is 7.98. The lowest BCUT2D eigenvalue weighted by Crippen LogP contribution is -2.48. The van der Waals surface area contributed by atoms with Gasteiger partial charge in [-0.25, -0.2) is 0 Å². The molecule has 0 aromatic carbocycles. The van der Waals surface area contributed by atoms with Crippen LogP contribution in [0, 0.1) is 0 Å². The molecule has 2 unspecified atom stereocenters. The Bertz CT molecular complexity index is 527. The molecule has 3 heterocycles. The van der Waals surface area contributed by atoms with Crippen molar-refractivity contribution in [2.75, 3.05) is 7.05 Å². The normalized spacial score (nSPS) is 27.1. The maximum absolute atomic E-state index is 12.9. The molecule has 0 saturated carbocycles. The van der Waals surface area contributed by atoms with Crippen molar-refractivity contribution in [1.82, 2.24) is 10.2 Å². The quantitative estimate of drug-likeness (QED) is 0.899. The van der Waals surface area contributed by atoms with Crippen LogP contribution < -0.4 is 5.32 Å². The maximum Gasteiger partial charge on any atom is 0.263 e. The van der Waals surface area contributed by atoms with E-state index in [2.05, 4.69) is 25.2 Å². The van der Waals surface area contributed by atoms with Crippen LogP contribution in [0.1, 0.15) is 66.1 Å². The van der Waals surface area contributed by atoms with Gasteiger partial charge in [0.15, 0.2) is 0 Å². The van der Waals surface area contributed by atoms with Gasteiger partial charge >= 0.3 is 0 Å². The van der Waals surface area contributed by atoms with Gasteiger partial charge in [-0.2, -0.15) is 0 Å². The first-order valence-electron chi connectivity index (χ1n) is 8.77. The molecule has 122 valence electrons. The van der Waals surface area contributed by atoms with Gasteiger partial charge in [-0.1, -0.05) is 20.3 Å². The summed E-state index contributed by atoms with van der Waals surface area (Å²) in [6, 6.07) is 3.81. The molecular formula is C18H28N2OS. The average molecular weight is 321 g/mol.